The molecule has 2 aromatic rings. The second-order valence-electron chi connectivity index (χ2n) is 7.47. The van der Waals surface area contributed by atoms with E-state index in [1.807, 2.05) is 12.1 Å². The largest absolute Gasteiger partial charge is 0.377 e. The maximum absolute atomic E-state index is 12.7. The molecule has 28 heavy (non-hydrogen) atoms. The summed E-state index contributed by atoms with van der Waals surface area (Å²) in [5.41, 5.74) is 1.80. The number of nitrogens with zero attached hydrogens (tertiary/aromatic N) is 3. The molecule has 0 bridgehead atoms. The molecule has 0 unspecified atom stereocenters. The summed E-state index contributed by atoms with van der Waals surface area (Å²) in [6.07, 6.45) is 4.32. The molecule has 1 atom stereocenters. The number of aromatic amines is 1. The lowest BCUT2D eigenvalue weighted by molar-refractivity contribution is 0.0985. The molecule has 2 aliphatic rings. The maximum Gasteiger partial charge on any atom is 0.157 e. The molecular weight excluding hydrogens is 493 g/mol. The lowest BCUT2D eigenvalue weighted by Gasteiger charge is -2.35. The number of aromatic nitrogens is 3. The van der Waals surface area contributed by atoms with Crippen molar-refractivity contribution in [3.8, 4) is 0 Å². The molecule has 1 saturated carbocycles. The van der Waals surface area contributed by atoms with E-state index in [2.05, 4.69) is 49.9 Å². The lowest BCUT2D eigenvalue weighted by Crippen LogP contribution is -2.44. The van der Waals surface area contributed by atoms with Gasteiger partial charge in [0.25, 0.3) is 0 Å². The minimum absolute atomic E-state index is 0.174. The molecule has 1 aliphatic carbocycles. The number of hydrogen-bond donors (Lipinski definition) is 2. The number of alkyl halides is 1. The molecule has 2 fully saturated rings. The number of nitrogens with one attached hydrogen (secondary N) is 2. The van der Waals surface area contributed by atoms with Gasteiger partial charge >= 0.3 is 0 Å². The monoisotopic (exact) mass is 517 g/mol. The first-order chi connectivity index (χ1) is 13.4. The van der Waals surface area contributed by atoms with Crippen molar-refractivity contribution in [3.63, 3.8) is 0 Å². The summed E-state index contributed by atoms with van der Waals surface area (Å²) in [7, 11) is -3.24. The Balaban J connectivity index is 1.87. The first-order valence-corrected chi connectivity index (χ1v) is 12.7. The van der Waals surface area contributed by atoms with E-state index in [-0.39, 0.29) is 6.04 Å². The average Bonchev–Trinajstić information content (AvgIpc) is 3.33. The van der Waals surface area contributed by atoms with Gasteiger partial charge in [-0.25, -0.2) is 13.4 Å². The molecule has 8 nitrogen and oxygen atoms in total. The molecule has 3 heterocycles. The van der Waals surface area contributed by atoms with Crippen molar-refractivity contribution in [2.75, 3.05) is 36.2 Å². The van der Waals surface area contributed by atoms with E-state index in [0.29, 0.717) is 36.3 Å². The number of hydrogen-bond acceptors (Lipinski definition) is 7. The zero-order valence-electron chi connectivity index (χ0n) is 15.9. The van der Waals surface area contributed by atoms with Gasteiger partial charge < -0.3 is 15.0 Å². The van der Waals surface area contributed by atoms with Gasteiger partial charge in [0.05, 0.1) is 30.2 Å². The highest BCUT2D eigenvalue weighted by molar-refractivity contribution is 14.1. The van der Waals surface area contributed by atoms with E-state index in [4.69, 9.17) is 9.72 Å². The molecule has 10 heteroatoms. The van der Waals surface area contributed by atoms with Gasteiger partial charge in [-0.15, -0.1) is 0 Å². The molecule has 2 N–H and O–H groups in total. The predicted octanol–water partition coefficient (Wildman–Crippen LogP) is 2.74. The number of morpholine rings is 1. The molecule has 4 rings (SSSR count). The van der Waals surface area contributed by atoms with Crippen LogP contribution < -0.4 is 10.2 Å². The van der Waals surface area contributed by atoms with Crippen LogP contribution in [0.15, 0.2) is 18.3 Å². The highest BCUT2D eigenvalue weighted by Crippen LogP contribution is 2.55. The zero-order valence-corrected chi connectivity index (χ0v) is 18.9. The van der Waals surface area contributed by atoms with Crippen LogP contribution in [0.4, 0.5) is 17.5 Å². The standard InChI is InChI=1S/C18H24IN5O3S/c1-12-11-27-8-7-24(12)16-9-14(18(4-5-18)28(2,25)26)13(10-19)17(22-16)21-15-3-6-20-23-15/h3,6,9,12H,4-5,7-8,10-11H2,1-2H3,(H2,20,21,22,23)/t12-/m1/s1. The van der Waals surface area contributed by atoms with Crippen LogP contribution in [-0.4, -0.2) is 55.7 Å². The Bertz CT molecular complexity index is 960. The Hall–Kier alpha value is -1.40. The van der Waals surface area contributed by atoms with Gasteiger partial charge in [-0.1, -0.05) is 22.6 Å². The summed E-state index contributed by atoms with van der Waals surface area (Å²) in [5, 5.41) is 10.2. The second kappa shape index (κ2) is 7.45. The Morgan fingerprint density at radius 1 is 1.46 bits per heavy atom. The number of rotatable bonds is 6. The van der Waals surface area contributed by atoms with Crippen molar-refractivity contribution in [1.29, 1.82) is 0 Å². The summed E-state index contributed by atoms with van der Waals surface area (Å²) in [6, 6.07) is 3.99. The summed E-state index contributed by atoms with van der Waals surface area (Å²) < 4.78 is 30.8. The number of ether oxygens (including phenoxy) is 1. The number of halogens is 1. The fourth-order valence-electron chi connectivity index (χ4n) is 3.82. The van der Waals surface area contributed by atoms with E-state index < -0.39 is 14.6 Å². The Morgan fingerprint density at radius 3 is 2.82 bits per heavy atom. The van der Waals surface area contributed by atoms with Gasteiger partial charge in [-0.3, -0.25) is 5.10 Å². The number of H-pyrrole nitrogens is 1. The third-order valence-electron chi connectivity index (χ3n) is 5.56. The van der Waals surface area contributed by atoms with E-state index in [1.165, 1.54) is 6.26 Å². The van der Waals surface area contributed by atoms with E-state index in [0.717, 1.165) is 29.3 Å². The van der Waals surface area contributed by atoms with Crippen molar-refractivity contribution < 1.29 is 13.2 Å². The number of anilines is 3. The summed E-state index contributed by atoms with van der Waals surface area (Å²) in [5.74, 6) is 2.19. The third-order valence-corrected chi connectivity index (χ3v) is 8.38. The quantitative estimate of drug-likeness (QED) is 0.449. The number of sulfone groups is 1. The van der Waals surface area contributed by atoms with Crippen LogP contribution in [0.25, 0.3) is 0 Å². The lowest BCUT2D eigenvalue weighted by atomic mass is 10.0. The van der Waals surface area contributed by atoms with Crippen molar-refractivity contribution in [3.05, 3.63) is 29.5 Å². The van der Waals surface area contributed by atoms with Crippen LogP contribution in [0.3, 0.4) is 0 Å². The van der Waals surface area contributed by atoms with Gasteiger partial charge in [0, 0.05) is 28.9 Å². The molecule has 0 spiro atoms. The first kappa shape index (κ1) is 19.9. The van der Waals surface area contributed by atoms with Gasteiger partial charge in [-0.05, 0) is 31.4 Å². The maximum atomic E-state index is 12.7. The fourth-order valence-corrected chi connectivity index (χ4v) is 6.02. The van der Waals surface area contributed by atoms with Crippen molar-refractivity contribution in [2.45, 2.75) is 35.0 Å². The van der Waals surface area contributed by atoms with E-state index in [1.54, 1.807) is 6.20 Å². The molecule has 2 aromatic heterocycles. The SMILES string of the molecule is C[C@@H]1COCCN1c1cc(C2(S(C)(=O)=O)CC2)c(CI)c(Nc2ccn[nH]2)n1. The van der Waals surface area contributed by atoms with Crippen LogP contribution in [0.5, 0.6) is 0 Å². The molecule has 0 aromatic carbocycles. The van der Waals surface area contributed by atoms with Crippen molar-refractivity contribution in [1.82, 2.24) is 15.2 Å². The molecule has 1 saturated heterocycles. The zero-order chi connectivity index (χ0) is 19.9. The van der Waals surface area contributed by atoms with E-state index >= 15 is 0 Å². The minimum Gasteiger partial charge on any atom is -0.377 e. The summed E-state index contributed by atoms with van der Waals surface area (Å²) in [4.78, 5) is 7.08. The third kappa shape index (κ3) is 3.50. The van der Waals surface area contributed by atoms with Crippen LogP contribution in [0, 0.1) is 0 Å². The Kier molecular flexibility index (Phi) is 5.29. The normalized spacial score (nSPS) is 21.5. The highest BCUT2D eigenvalue weighted by Gasteiger charge is 2.55. The van der Waals surface area contributed by atoms with Crippen LogP contribution in [-0.2, 0) is 23.7 Å². The Labute approximate surface area is 178 Å². The smallest absolute Gasteiger partial charge is 0.157 e. The molecule has 0 amide bonds. The number of pyridine rings is 1. The Morgan fingerprint density at radius 2 is 2.25 bits per heavy atom. The summed E-state index contributed by atoms with van der Waals surface area (Å²) >= 11 is 2.28. The van der Waals surface area contributed by atoms with Crippen LogP contribution in [0.1, 0.15) is 30.9 Å². The second-order valence-corrected chi connectivity index (χ2v) is 10.6. The van der Waals surface area contributed by atoms with Gasteiger partial charge in [-0.2, -0.15) is 5.10 Å². The average molecular weight is 517 g/mol. The minimum atomic E-state index is -3.24. The van der Waals surface area contributed by atoms with Gasteiger partial charge in [0.15, 0.2) is 9.84 Å². The molecule has 0 radical (unpaired) electrons. The van der Waals surface area contributed by atoms with Crippen molar-refractivity contribution in [2.24, 2.45) is 0 Å². The van der Waals surface area contributed by atoms with Crippen molar-refractivity contribution >= 4 is 49.9 Å². The first-order valence-electron chi connectivity index (χ1n) is 9.26. The van der Waals surface area contributed by atoms with Crippen LogP contribution in [0.2, 0.25) is 0 Å². The van der Waals surface area contributed by atoms with Crippen LogP contribution >= 0.6 is 22.6 Å². The fraction of sp³-hybridized carbons (Fsp3) is 0.556. The molecule has 152 valence electrons. The van der Waals surface area contributed by atoms with E-state index in [9.17, 15) is 8.42 Å². The predicted molar refractivity (Wildman–Crippen MR) is 117 cm³/mol. The topological polar surface area (TPSA) is 100 Å². The molecule has 1 aliphatic heterocycles. The summed E-state index contributed by atoms with van der Waals surface area (Å²) in [6.45, 7) is 4.09. The van der Waals surface area contributed by atoms with Gasteiger partial charge in [0.2, 0.25) is 0 Å². The molecular formula is C18H24IN5O3S. The highest BCUT2D eigenvalue weighted by atomic mass is 127. The van der Waals surface area contributed by atoms with Gasteiger partial charge in [0.1, 0.15) is 17.5 Å².